The van der Waals surface area contributed by atoms with E-state index in [-0.39, 0.29) is 10.1 Å². The molecule has 0 aliphatic heterocycles. The lowest BCUT2D eigenvalue weighted by Gasteiger charge is -2.58. The summed E-state index contributed by atoms with van der Waals surface area (Å²) in [6, 6.07) is 40.8. The van der Waals surface area contributed by atoms with E-state index in [1.165, 1.54) is 54.9 Å². The minimum atomic E-state index is -2.84. The summed E-state index contributed by atoms with van der Waals surface area (Å²) in [5.74, 6) is 0. The second kappa shape index (κ2) is 8.77. The SMILES string of the molecule is CC1([Si](c2ccccc2)(c2ccccc2)C2(C)C=CC=C3C2=Cc2ccccc23)C=CC=C2C1=Cc1ccccc12. The van der Waals surface area contributed by atoms with E-state index in [1.54, 1.807) is 0 Å². The van der Waals surface area contributed by atoms with Gasteiger partial charge in [-0.2, -0.15) is 0 Å². The minimum absolute atomic E-state index is 0.240. The van der Waals surface area contributed by atoms with Crippen LogP contribution in [-0.4, -0.2) is 8.07 Å². The molecule has 4 aliphatic rings. The van der Waals surface area contributed by atoms with Crippen molar-refractivity contribution in [2.75, 3.05) is 0 Å². The molecule has 2 unspecified atom stereocenters. The summed E-state index contributed by atoms with van der Waals surface area (Å²) in [5.41, 5.74) is 11.0. The molecule has 0 saturated heterocycles. The fourth-order valence-corrected chi connectivity index (χ4v) is 15.6. The van der Waals surface area contributed by atoms with Gasteiger partial charge in [0.2, 0.25) is 0 Å². The molecule has 0 spiro atoms. The van der Waals surface area contributed by atoms with Gasteiger partial charge in [-0.3, -0.25) is 0 Å². The van der Waals surface area contributed by atoms with Gasteiger partial charge in [0, 0.05) is 10.1 Å². The summed E-state index contributed by atoms with van der Waals surface area (Å²) in [5, 5.41) is 2.44. The quantitative estimate of drug-likeness (QED) is 0.227. The van der Waals surface area contributed by atoms with Crippen molar-refractivity contribution in [1.29, 1.82) is 0 Å². The Morgan fingerprint density at radius 2 is 0.854 bits per heavy atom. The zero-order chi connectivity index (χ0) is 27.7. The first-order chi connectivity index (χ1) is 20.1. The van der Waals surface area contributed by atoms with Gasteiger partial charge in [-0.05, 0) is 56.7 Å². The maximum absolute atomic E-state index is 2.84. The smallest absolute Gasteiger partial charge is 0.0761 e. The molecule has 0 radical (unpaired) electrons. The number of rotatable bonds is 4. The molecule has 0 nitrogen and oxygen atoms in total. The van der Waals surface area contributed by atoms with Gasteiger partial charge in [-0.15, -0.1) is 0 Å². The third-order valence-electron chi connectivity index (χ3n) is 10.2. The summed E-state index contributed by atoms with van der Waals surface area (Å²) in [7, 11) is -2.84. The van der Waals surface area contributed by atoms with E-state index in [4.69, 9.17) is 0 Å². The Kier molecular flexibility index (Phi) is 5.20. The van der Waals surface area contributed by atoms with Crippen LogP contribution in [0.2, 0.25) is 10.1 Å². The van der Waals surface area contributed by atoms with Gasteiger partial charge >= 0.3 is 0 Å². The molecule has 4 aromatic rings. The van der Waals surface area contributed by atoms with Crippen LogP contribution in [0.25, 0.3) is 23.3 Å². The predicted octanol–water partition coefficient (Wildman–Crippen LogP) is 8.87. The molecule has 0 amide bonds. The van der Waals surface area contributed by atoms with E-state index >= 15 is 0 Å². The highest BCUT2D eigenvalue weighted by atomic mass is 28.3. The lowest BCUT2D eigenvalue weighted by atomic mass is 9.87. The summed E-state index contributed by atoms with van der Waals surface area (Å²) >= 11 is 0. The molecule has 196 valence electrons. The van der Waals surface area contributed by atoms with Crippen LogP contribution in [0, 0.1) is 0 Å². The number of hydrogen-bond donors (Lipinski definition) is 0. The Balaban J connectivity index is 1.49. The highest BCUT2D eigenvalue weighted by Crippen LogP contribution is 2.67. The molecule has 4 aromatic carbocycles. The third-order valence-corrected chi connectivity index (χ3v) is 16.5. The Morgan fingerprint density at radius 3 is 1.29 bits per heavy atom. The average molecular weight is 541 g/mol. The van der Waals surface area contributed by atoms with Crippen LogP contribution in [0.3, 0.4) is 0 Å². The molecule has 1 heteroatoms. The van der Waals surface area contributed by atoms with Crippen LogP contribution in [-0.2, 0) is 0 Å². The lowest BCUT2D eigenvalue weighted by Crippen LogP contribution is -2.72. The second-order valence-electron chi connectivity index (χ2n) is 12.1. The molecule has 0 heterocycles. The molecule has 0 fully saturated rings. The Hall–Kier alpha value is -4.46. The van der Waals surface area contributed by atoms with Crippen LogP contribution in [0.1, 0.15) is 36.1 Å². The van der Waals surface area contributed by atoms with Crippen LogP contribution in [0.4, 0.5) is 0 Å². The van der Waals surface area contributed by atoms with Gasteiger partial charge in [-0.25, -0.2) is 0 Å². The molecule has 0 N–H and O–H groups in total. The van der Waals surface area contributed by atoms with Crippen molar-refractivity contribution >= 4 is 41.7 Å². The molecule has 41 heavy (non-hydrogen) atoms. The second-order valence-corrected chi connectivity index (χ2v) is 16.8. The molecule has 0 aromatic heterocycles. The first kappa shape index (κ1) is 24.3. The fourth-order valence-electron chi connectivity index (χ4n) is 8.50. The summed E-state index contributed by atoms with van der Waals surface area (Å²) in [6.45, 7) is 5.08. The standard InChI is InChI=1S/C40H32Si/c1-39(25-13-23-35-33-21-11-9-15-29(33)27-37(35)39)41(31-17-5-3-6-18-31,32-19-7-4-8-20-32)40(2)26-14-24-36-34-22-12-10-16-30(34)28-38(36)40/h3-28H,1-2H3. The Bertz CT molecular complexity index is 1760. The van der Waals surface area contributed by atoms with Gasteiger partial charge in [0.05, 0.1) is 0 Å². The van der Waals surface area contributed by atoms with Crippen molar-refractivity contribution in [3.63, 3.8) is 0 Å². The van der Waals surface area contributed by atoms with Gasteiger partial charge in [0.15, 0.2) is 0 Å². The van der Waals surface area contributed by atoms with Gasteiger partial charge in [-0.1, -0.05) is 170 Å². The summed E-state index contributed by atoms with van der Waals surface area (Å²) in [6.07, 6.45) is 19.4. The highest BCUT2D eigenvalue weighted by Gasteiger charge is 2.65. The largest absolute Gasteiger partial charge is 0.145 e. The maximum atomic E-state index is 2.54. The molecule has 4 aliphatic carbocycles. The van der Waals surface area contributed by atoms with Gasteiger partial charge < -0.3 is 0 Å². The van der Waals surface area contributed by atoms with Gasteiger partial charge in [0.1, 0.15) is 8.07 Å². The van der Waals surface area contributed by atoms with Crippen molar-refractivity contribution < 1.29 is 0 Å². The highest BCUT2D eigenvalue weighted by molar-refractivity contribution is 7.08. The van der Waals surface area contributed by atoms with Crippen molar-refractivity contribution in [2.45, 2.75) is 23.9 Å². The number of hydrogen-bond acceptors (Lipinski definition) is 0. The average Bonchev–Trinajstić information content (AvgIpc) is 3.60. The zero-order valence-electron chi connectivity index (χ0n) is 23.5. The molecule has 2 atom stereocenters. The van der Waals surface area contributed by atoms with E-state index in [0.29, 0.717) is 0 Å². The Labute approximate surface area is 244 Å². The molecule has 8 rings (SSSR count). The monoisotopic (exact) mass is 540 g/mol. The van der Waals surface area contributed by atoms with Crippen LogP contribution in [0.15, 0.2) is 157 Å². The van der Waals surface area contributed by atoms with Crippen molar-refractivity contribution in [1.82, 2.24) is 0 Å². The maximum Gasteiger partial charge on any atom is 0.145 e. The molecule has 0 saturated carbocycles. The van der Waals surface area contributed by atoms with Crippen LogP contribution >= 0.6 is 0 Å². The number of fused-ring (bicyclic) bond motifs is 6. The minimum Gasteiger partial charge on any atom is -0.0761 e. The van der Waals surface area contributed by atoms with E-state index in [0.717, 1.165) is 0 Å². The first-order valence-corrected chi connectivity index (χ1v) is 16.6. The van der Waals surface area contributed by atoms with Crippen molar-refractivity contribution in [2.24, 2.45) is 0 Å². The molecular formula is C40H32Si. The molecular weight excluding hydrogens is 509 g/mol. The molecule has 0 bridgehead atoms. The van der Waals surface area contributed by atoms with Crippen LogP contribution < -0.4 is 10.4 Å². The third kappa shape index (κ3) is 3.10. The zero-order valence-corrected chi connectivity index (χ0v) is 24.5. The van der Waals surface area contributed by atoms with Gasteiger partial charge in [0.25, 0.3) is 0 Å². The summed E-state index contributed by atoms with van der Waals surface area (Å²) < 4.78 is 0. The number of benzene rings is 4. The summed E-state index contributed by atoms with van der Waals surface area (Å²) in [4.78, 5) is 0. The van der Waals surface area contributed by atoms with E-state index < -0.39 is 8.07 Å². The van der Waals surface area contributed by atoms with E-state index in [1.807, 2.05) is 0 Å². The van der Waals surface area contributed by atoms with E-state index in [9.17, 15) is 0 Å². The normalized spacial score (nSPS) is 23.5. The Morgan fingerprint density at radius 1 is 0.463 bits per heavy atom. The van der Waals surface area contributed by atoms with E-state index in [2.05, 4.69) is 172 Å². The van der Waals surface area contributed by atoms with Crippen molar-refractivity contribution in [3.05, 3.63) is 179 Å². The first-order valence-electron chi connectivity index (χ1n) is 14.6. The fraction of sp³-hybridized carbons (Fsp3) is 0.100. The predicted molar refractivity (Wildman–Crippen MR) is 178 cm³/mol. The topological polar surface area (TPSA) is 0 Å². The van der Waals surface area contributed by atoms with Crippen molar-refractivity contribution in [3.8, 4) is 0 Å². The lowest BCUT2D eigenvalue weighted by molar-refractivity contribution is 0.785. The van der Waals surface area contributed by atoms with Crippen LogP contribution in [0.5, 0.6) is 0 Å². The number of allylic oxidation sites excluding steroid dienone is 10.